The first-order chi connectivity index (χ1) is 9.95. The maximum atomic E-state index is 10.2. The fraction of sp³-hybridized carbons (Fsp3) is 0.200. The molecule has 1 aliphatic heterocycles. The van der Waals surface area contributed by atoms with Gasteiger partial charge in [0.1, 0.15) is 23.4 Å². The Kier molecular flexibility index (Phi) is 3.03. The van der Waals surface area contributed by atoms with Gasteiger partial charge in [0.25, 0.3) is 0 Å². The van der Waals surface area contributed by atoms with E-state index in [9.17, 15) is 25.5 Å². The second-order valence-electron chi connectivity index (χ2n) is 5.00. The molecule has 2 aromatic carbocycles. The third-order valence-electron chi connectivity index (χ3n) is 3.51. The van der Waals surface area contributed by atoms with Crippen LogP contribution in [0.4, 0.5) is 0 Å². The maximum absolute atomic E-state index is 10.2. The van der Waals surface area contributed by atoms with E-state index in [1.165, 1.54) is 30.3 Å². The molecule has 2 aromatic rings. The Morgan fingerprint density at radius 1 is 0.952 bits per heavy atom. The molecule has 0 spiro atoms. The number of phenolic OH excluding ortho intramolecular Hbond substituents is 4. The van der Waals surface area contributed by atoms with Crippen LogP contribution in [0.15, 0.2) is 30.3 Å². The lowest BCUT2D eigenvalue weighted by molar-refractivity contribution is 0.0197. The summed E-state index contributed by atoms with van der Waals surface area (Å²) < 4.78 is 5.62. The van der Waals surface area contributed by atoms with Gasteiger partial charge in [0.05, 0.1) is 6.10 Å². The number of aliphatic hydroxyl groups excluding tert-OH is 1. The fourth-order valence-electron chi connectivity index (χ4n) is 2.47. The standard InChI is InChI=1S/C15H14O6/c16-8-4-11(18)9-6-13(20)15(21-14(9)5-8)7-1-2-10(17)12(19)3-7/h1-5,13,15-20H,6H2/p+1/t13-,15+/m0/s1. The van der Waals surface area contributed by atoms with Crippen LogP contribution in [0, 0.1) is 0 Å². The van der Waals surface area contributed by atoms with Gasteiger partial charge in [0.2, 0.25) is 0 Å². The second-order valence-corrected chi connectivity index (χ2v) is 5.00. The molecule has 0 unspecified atom stereocenters. The minimum absolute atomic E-state index is 0. The Labute approximate surface area is 121 Å². The molecule has 1 aliphatic rings. The summed E-state index contributed by atoms with van der Waals surface area (Å²) in [4.78, 5) is 0. The van der Waals surface area contributed by atoms with Crippen molar-refractivity contribution in [3.05, 3.63) is 41.5 Å². The molecular formula is C15H15O6+. The monoisotopic (exact) mass is 291 g/mol. The first kappa shape index (κ1) is 13.4. The first-order valence-corrected chi connectivity index (χ1v) is 6.37. The minimum Gasteiger partial charge on any atom is -0.508 e. The molecule has 6 nitrogen and oxygen atoms in total. The molecule has 6 heteroatoms. The molecular weight excluding hydrogens is 276 g/mol. The zero-order chi connectivity index (χ0) is 15.1. The van der Waals surface area contributed by atoms with Crippen molar-refractivity contribution in [2.75, 3.05) is 0 Å². The van der Waals surface area contributed by atoms with E-state index >= 15 is 0 Å². The van der Waals surface area contributed by atoms with Gasteiger partial charge in [-0.1, -0.05) is 6.07 Å². The van der Waals surface area contributed by atoms with Gasteiger partial charge in [0, 0.05) is 24.1 Å². The number of rotatable bonds is 1. The largest absolute Gasteiger partial charge is 1.00 e. The third kappa shape index (κ3) is 2.30. The number of ether oxygens (including phenoxy) is 1. The van der Waals surface area contributed by atoms with Gasteiger partial charge in [-0.2, -0.15) is 0 Å². The van der Waals surface area contributed by atoms with E-state index in [2.05, 4.69) is 0 Å². The van der Waals surface area contributed by atoms with E-state index in [0.717, 1.165) is 0 Å². The Bertz CT molecular complexity index is 703. The predicted molar refractivity (Wildman–Crippen MR) is 73.7 cm³/mol. The van der Waals surface area contributed by atoms with Crippen LogP contribution in [0.25, 0.3) is 0 Å². The maximum Gasteiger partial charge on any atom is 1.00 e. The Morgan fingerprint density at radius 3 is 2.43 bits per heavy atom. The van der Waals surface area contributed by atoms with E-state index in [1.54, 1.807) is 0 Å². The molecule has 0 aromatic heterocycles. The summed E-state index contributed by atoms with van der Waals surface area (Å²) in [5.41, 5.74) is 0.894. The van der Waals surface area contributed by atoms with Crippen molar-refractivity contribution in [3.63, 3.8) is 0 Å². The summed E-state index contributed by atoms with van der Waals surface area (Å²) in [5, 5.41) is 48.3. The van der Waals surface area contributed by atoms with Gasteiger partial charge >= 0.3 is 1.43 Å². The van der Waals surface area contributed by atoms with Crippen molar-refractivity contribution in [2.45, 2.75) is 18.6 Å². The van der Waals surface area contributed by atoms with Crippen molar-refractivity contribution in [1.29, 1.82) is 0 Å². The zero-order valence-electron chi connectivity index (χ0n) is 11.9. The number of fused-ring (bicyclic) bond motifs is 1. The highest BCUT2D eigenvalue weighted by molar-refractivity contribution is 5.52. The van der Waals surface area contributed by atoms with Crippen LogP contribution in [-0.2, 0) is 6.42 Å². The van der Waals surface area contributed by atoms with Crippen molar-refractivity contribution >= 4 is 0 Å². The average Bonchev–Trinajstić information content (AvgIpc) is 2.42. The Balaban J connectivity index is 0.00000176. The number of aliphatic hydroxyl groups is 1. The van der Waals surface area contributed by atoms with Crippen LogP contribution in [0.2, 0.25) is 0 Å². The van der Waals surface area contributed by atoms with Crippen molar-refractivity contribution in [2.24, 2.45) is 0 Å². The highest BCUT2D eigenvalue weighted by atomic mass is 16.5. The van der Waals surface area contributed by atoms with Crippen LogP contribution >= 0.6 is 0 Å². The normalized spacial score (nSPS) is 20.6. The molecule has 0 amide bonds. The topological polar surface area (TPSA) is 110 Å². The summed E-state index contributed by atoms with van der Waals surface area (Å²) in [6.45, 7) is 0. The molecule has 110 valence electrons. The molecule has 3 rings (SSSR count). The van der Waals surface area contributed by atoms with Crippen LogP contribution in [-0.4, -0.2) is 31.6 Å². The molecule has 0 saturated heterocycles. The van der Waals surface area contributed by atoms with Crippen molar-refractivity contribution in [3.8, 4) is 28.7 Å². The van der Waals surface area contributed by atoms with Gasteiger partial charge in [-0.05, 0) is 17.7 Å². The van der Waals surface area contributed by atoms with Crippen LogP contribution in [0.3, 0.4) is 0 Å². The first-order valence-electron chi connectivity index (χ1n) is 6.37. The SMILES string of the molecule is Oc1cc(O)c2c(c1)O[C@H](c1ccc(O)c(O)c1)[C@@H](O)C2.[H+]. The Hall–Kier alpha value is -2.60. The van der Waals surface area contributed by atoms with Crippen LogP contribution in [0.5, 0.6) is 28.7 Å². The highest BCUT2D eigenvalue weighted by Gasteiger charge is 2.32. The quantitative estimate of drug-likeness (QED) is 0.511. The summed E-state index contributed by atoms with van der Waals surface area (Å²) in [6.07, 6.45) is -1.56. The van der Waals surface area contributed by atoms with E-state index in [1.807, 2.05) is 0 Å². The summed E-state index contributed by atoms with van der Waals surface area (Å²) in [5.74, 6) is -0.589. The predicted octanol–water partition coefficient (Wildman–Crippen LogP) is 1.66. The smallest absolute Gasteiger partial charge is 0.508 e. The zero-order valence-corrected chi connectivity index (χ0v) is 10.9. The number of hydrogen-bond donors (Lipinski definition) is 5. The minimum atomic E-state index is -0.933. The van der Waals surface area contributed by atoms with Gasteiger partial charge in [-0.3, -0.25) is 0 Å². The third-order valence-corrected chi connectivity index (χ3v) is 3.51. The van der Waals surface area contributed by atoms with Gasteiger partial charge in [0.15, 0.2) is 11.5 Å². The highest BCUT2D eigenvalue weighted by Crippen LogP contribution is 2.42. The summed E-state index contributed by atoms with van der Waals surface area (Å²) in [6, 6.07) is 6.67. The molecule has 0 bridgehead atoms. The lowest BCUT2D eigenvalue weighted by Gasteiger charge is -2.31. The number of hydrogen-bond acceptors (Lipinski definition) is 6. The lowest BCUT2D eigenvalue weighted by atomic mass is 9.94. The number of phenols is 4. The van der Waals surface area contributed by atoms with Gasteiger partial charge in [-0.25, -0.2) is 0 Å². The van der Waals surface area contributed by atoms with E-state index in [4.69, 9.17) is 4.74 Å². The van der Waals surface area contributed by atoms with Crippen molar-refractivity contribution in [1.82, 2.24) is 0 Å². The van der Waals surface area contributed by atoms with Crippen molar-refractivity contribution < 1.29 is 31.7 Å². The number of benzene rings is 2. The average molecular weight is 291 g/mol. The molecule has 0 saturated carbocycles. The molecule has 21 heavy (non-hydrogen) atoms. The van der Waals surface area contributed by atoms with Gasteiger partial charge < -0.3 is 30.3 Å². The Morgan fingerprint density at radius 2 is 1.71 bits per heavy atom. The van der Waals surface area contributed by atoms with Crippen LogP contribution in [0.1, 0.15) is 18.7 Å². The lowest BCUT2D eigenvalue weighted by Crippen LogP contribution is -2.30. The van der Waals surface area contributed by atoms with Gasteiger partial charge in [-0.15, -0.1) is 0 Å². The molecule has 0 fully saturated rings. The molecule has 0 aliphatic carbocycles. The van der Waals surface area contributed by atoms with E-state index < -0.39 is 12.2 Å². The fourth-order valence-corrected chi connectivity index (χ4v) is 2.47. The van der Waals surface area contributed by atoms with Crippen LogP contribution < -0.4 is 4.74 Å². The number of aromatic hydroxyl groups is 4. The summed E-state index contributed by atoms with van der Waals surface area (Å²) in [7, 11) is 0. The van der Waals surface area contributed by atoms with E-state index in [-0.39, 0.29) is 36.6 Å². The molecule has 5 N–H and O–H groups in total. The summed E-state index contributed by atoms with van der Waals surface area (Å²) >= 11 is 0. The van der Waals surface area contributed by atoms with E-state index in [0.29, 0.717) is 11.1 Å². The second kappa shape index (κ2) is 4.75. The molecule has 2 atom stereocenters. The molecule has 1 heterocycles. The molecule has 0 radical (unpaired) electrons.